The molecule has 0 saturated carbocycles. The minimum Gasteiger partial charge on any atom is -0.492 e. The molecule has 0 aliphatic carbocycles. The number of para-hydroxylation sites is 2. The van der Waals surface area contributed by atoms with Gasteiger partial charge in [0.05, 0.1) is 24.6 Å². The fourth-order valence-corrected chi connectivity index (χ4v) is 2.32. The highest BCUT2D eigenvalue weighted by Crippen LogP contribution is 2.23. The Hall–Kier alpha value is -2.80. The molecule has 1 aromatic carbocycles. The Morgan fingerprint density at radius 3 is 2.56 bits per heavy atom. The van der Waals surface area contributed by atoms with Crippen molar-refractivity contribution < 1.29 is 18.7 Å². The predicted octanol–water partition coefficient (Wildman–Crippen LogP) is 2.04. The van der Waals surface area contributed by atoms with E-state index in [0.29, 0.717) is 23.8 Å². The summed E-state index contributed by atoms with van der Waals surface area (Å²) in [5, 5.41) is 5.20. The second-order valence-electron chi connectivity index (χ2n) is 5.59. The van der Waals surface area contributed by atoms with Gasteiger partial charge >= 0.3 is 11.8 Å². The number of hydrogen-bond acceptors (Lipinski definition) is 5. The maximum atomic E-state index is 12.1. The van der Waals surface area contributed by atoms with Crippen molar-refractivity contribution in [1.82, 2.24) is 10.2 Å². The van der Waals surface area contributed by atoms with Crippen LogP contribution in [-0.4, -0.2) is 44.0 Å². The summed E-state index contributed by atoms with van der Waals surface area (Å²) >= 11 is 0. The maximum absolute atomic E-state index is 12.1. The van der Waals surface area contributed by atoms with Gasteiger partial charge in [-0.05, 0) is 45.3 Å². The van der Waals surface area contributed by atoms with Crippen LogP contribution in [0.5, 0.6) is 5.75 Å². The van der Waals surface area contributed by atoms with E-state index in [-0.39, 0.29) is 12.6 Å². The molecule has 0 saturated heterocycles. The SMILES string of the molecule is CCOc1ccccc1NC(=O)C(=O)NC[C@H](c1ccco1)N(C)C. The number of furan rings is 1. The van der Waals surface area contributed by atoms with Crippen LogP contribution in [0.4, 0.5) is 5.69 Å². The Balaban J connectivity index is 1.95. The number of carbonyl (C=O) groups excluding carboxylic acids is 2. The second kappa shape index (κ2) is 8.89. The lowest BCUT2D eigenvalue weighted by molar-refractivity contribution is -0.136. The standard InChI is InChI=1S/C18H23N3O4/c1-4-24-15-9-6-5-8-13(15)20-18(23)17(22)19-12-14(21(2)3)16-10-7-11-25-16/h5-11,14H,4,12H2,1-3H3,(H,19,22)(H,20,23)/t14-/m1/s1. The van der Waals surface area contributed by atoms with Crippen LogP contribution in [0.1, 0.15) is 18.7 Å². The first kappa shape index (κ1) is 18.5. The normalized spacial score (nSPS) is 11.8. The molecule has 0 spiro atoms. The van der Waals surface area contributed by atoms with Crippen LogP contribution in [0.3, 0.4) is 0 Å². The van der Waals surface area contributed by atoms with Gasteiger partial charge in [0.1, 0.15) is 11.5 Å². The maximum Gasteiger partial charge on any atom is 0.313 e. The van der Waals surface area contributed by atoms with Gasteiger partial charge in [0.25, 0.3) is 0 Å². The number of likely N-dealkylation sites (N-methyl/N-ethyl adjacent to an activating group) is 1. The monoisotopic (exact) mass is 345 g/mol. The highest BCUT2D eigenvalue weighted by Gasteiger charge is 2.21. The second-order valence-corrected chi connectivity index (χ2v) is 5.59. The van der Waals surface area contributed by atoms with E-state index in [4.69, 9.17) is 9.15 Å². The Morgan fingerprint density at radius 1 is 1.16 bits per heavy atom. The molecule has 0 unspecified atom stereocenters. The quantitative estimate of drug-likeness (QED) is 0.750. The van der Waals surface area contributed by atoms with Gasteiger partial charge in [0, 0.05) is 6.54 Å². The highest BCUT2D eigenvalue weighted by atomic mass is 16.5. The average Bonchev–Trinajstić information content (AvgIpc) is 3.10. The van der Waals surface area contributed by atoms with Crippen molar-refractivity contribution in [1.29, 1.82) is 0 Å². The molecule has 0 radical (unpaired) electrons. The topological polar surface area (TPSA) is 83.8 Å². The summed E-state index contributed by atoms with van der Waals surface area (Å²) in [5.74, 6) is -0.228. The lowest BCUT2D eigenvalue weighted by Crippen LogP contribution is -2.40. The minimum absolute atomic E-state index is 0.164. The summed E-state index contributed by atoms with van der Waals surface area (Å²) in [7, 11) is 3.75. The third-order valence-electron chi connectivity index (χ3n) is 3.59. The van der Waals surface area contributed by atoms with Crippen molar-refractivity contribution in [2.75, 3.05) is 32.6 Å². The van der Waals surface area contributed by atoms with Crippen LogP contribution >= 0.6 is 0 Å². The fourth-order valence-electron chi connectivity index (χ4n) is 2.32. The molecule has 2 amide bonds. The first-order chi connectivity index (χ1) is 12.0. The number of ether oxygens (including phenoxy) is 1. The molecule has 2 aromatic rings. The molecule has 134 valence electrons. The lowest BCUT2D eigenvalue weighted by Gasteiger charge is -2.22. The van der Waals surface area contributed by atoms with Crippen molar-refractivity contribution in [2.24, 2.45) is 0 Å². The summed E-state index contributed by atoms with van der Waals surface area (Å²) in [4.78, 5) is 26.1. The lowest BCUT2D eigenvalue weighted by atomic mass is 10.2. The number of carbonyl (C=O) groups is 2. The molecule has 7 nitrogen and oxygen atoms in total. The molecular formula is C18H23N3O4. The van der Waals surface area contributed by atoms with Gasteiger partial charge in [-0.25, -0.2) is 0 Å². The number of nitrogens with zero attached hydrogens (tertiary/aromatic N) is 1. The third-order valence-corrected chi connectivity index (χ3v) is 3.59. The molecule has 1 aromatic heterocycles. The predicted molar refractivity (Wildman–Crippen MR) is 94.4 cm³/mol. The number of nitrogens with one attached hydrogen (secondary N) is 2. The van der Waals surface area contributed by atoms with Crippen molar-refractivity contribution >= 4 is 17.5 Å². The molecule has 0 fully saturated rings. The van der Waals surface area contributed by atoms with E-state index in [9.17, 15) is 9.59 Å². The van der Waals surface area contributed by atoms with E-state index in [1.54, 1.807) is 36.6 Å². The van der Waals surface area contributed by atoms with Gasteiger partial charge in [-0.1, -0.05) is 12.1 Å². The van der Waals surface area contributed by atoms with E-state index in [2.05, 4.69) is 10.6 Å². The van der Waals surface area contributed by atoms with Gasteiger partial charge in [0.15, 0.2) is 0 Å². The first-order valence-corrected chi connectivity index (χ1v) is 8.03. The van der Waals surface area contributed by atoms with Crippen LogP contribution in [0, 0.1) is 0 Å². The zero-order valence-electron chi connectivity index (χ0n) is 14.6. The summed E-state index contributed by atoms with van der Waals surface area (Å²) in [6.07, 6.45) is 1.57. The minimum atomic E-state index is -0.746. The van der Waals surface area contributed by atoms with Crippen molar-refractivity contribution in [3.8, 4) is 5.75 Å². The number of anilines is 1. The molecule has 2 N–H and O–H groups in total. The van der Waals surface area contributed by atoms with Gasteiger partial charge in [-0.3, -0.25) is 14.5 Å². The van der Waals surface area contributed by atoms with E-state index < -0.39 is 11.8 Å². The smallest absolute Gasteiger partial charge is 0.313 e. The molecule has 0 bridgehead atoms. The largest absolute Gasteiger partial charge is 0.492 e. The molecule has 2 rings (SSSR count). The third kappa shape index (κ3) is 5.09. The van der Waals surface area contributed by atoms with E-state index in [1.807, 2.05) is 32.0 Å². The number of rotatable bonds is 7. The summed E-state index contributed by atoms with van der Waals surface area (Å²) in [6.45, 7) is 2.56. The Bertz CT molecular complexity index is 698. The zero-order valence-corrected chi connectivity index (χ0v) is 14.6. The fraction of sp³-hybridized carbons (Fsp3) is 0.333. The van der Waals surface area contributed by atoms with Crippen LogP contribution in [0.25, 0.3) is 0 Å². The molecule has 1 atom stereocenters. The van der Waals surface area contributed by atoms with Crippen molar-refractivity contribution in [2.45, 2.75) is 13.0 Å². The summed E-state index contributed by atoms with van der Waals surface area (Å²) < 4.78 is 10.8. The summed E-state index contributed by atoms with van der Waals surface area (Å²) in [6, 6.07) is 10.4. The van der Waals surface area contributed by atoms with Crippen LogP contribution in [0.15, 0.2) is 47.1 Å². The average molecular weight is 345 g/mol. The van der Waals surface area contributed by atoms with Gasteiger partial charge in [-0.2, -0.15) is 0 Å². The van der Waals surface area contributed by atoms with E-state index in [0.717, 1.165) is 0 Å². The molecular weight excluding hydrogens is 322 g/mol. The molecule has 7 heteroatoms. The van der Waals surface area contributed by atoms with Gasteiger partial charge < -0.3 is 19.8 Å². The first-order valence-electron chi connectivity index (χ1n) is 8.03. The molecule has 0 aliphatic rings. The number of benzene rings is 1. The van der Waals surface area contributed by atoms with Crippen LogP contribution in [0.2, 0.25) is 0 Å². The number of hydrogen-bond donors (Lipinski definition) is 2. The molecule has 25 heavy (non-hydrogen) atoms. The molecule has 1 heterocycles. The van der Waals surface area contributed by atoms with Gasteiger partial charge in [-0.15, -0.1) is 0 Å². The van der Waals surface area contributed by atoms with E-state index in [1.165, 1.54) is 0 Å². The Morgan fingerprint density at radius 2 is 1.92 bits per heavy atom. The van der Waals surface area contributed by atoms with Crippen molar-refractivity contribution in [3.05, 3.63) is 48.4 Å². The van der Waals surface area contributed by atoms with Crippen LogP contribution < -0.4 is 15.4 Å². The van der Waals surface area contributed by atoms with E-state index >= 15 is 0 Å². The highest BCUT2D eigenvalue weighted by molar-refractivity contribution is 6.39. The molecule has 0 aliphatic heterocycles. The zero-order chi connectivity index (χ0) is 18.2. The summed E-state index contributed by atoms with van der Waals surface area (Å²) in [5.41, 5.74) is 0.458. The van der Waals surface area contributed by atoms with Crippen molar-refractivity contribution in [3.63, 3.8) is 0 Å². The Kier molecular flexibility index (Phi) is 6.59. The Labute approximate surface area is 146 Å². The van der Waals surface area contributed by atoms with Gasteiger partial charge in [0.2, 0.25) is 0 Å². The number of amides is 2. The van der Waals surface area contributed by atoms with Crippen LogP contribution in [-0.2, 0) is 9.59 Å².